The second-order valence-electron chi connectivity index (χ2n) is 7.55. The van der Waals surface area contributed by atoms with E-state index in [-0.39, 0.29) is 0 Å². The maximum atomic E-state index is 5.49. The van der Waals surface area contributed by atoms with Crippen molar-refractivity contribution in [1.29, 1.82) is 0 Å². The molecule has 4 rings (SSSR count). The van der Waals surface area contributed by atoms with Crippen molar-refractivity contribution in [3.8, 4) is 0 Å². The number of hydrogen-bond donors (Lipinski definition) is 0. The Hall–Kier alpha value is -1.71. The molecule has 1 aromatic heterocycles. The molecule has 4 heterocycles. The van der Waals surface area contributed by atoms with E-state index in [2.05, 4.69) is 33.4 Å². The third-order valence-electron chi connectivity index (χ3n) is 5.52. The highest BCUT2D eigenvalue weighted by Gasteiger charge is 2.25. The third kappa shape index (κ3) is 4.41. The first-order chi connectivity index (χ1) is 13.2. The van der Waals surface area contributed by atoms with Gasteiger partial charge in [-0.1, -0.05) is 0 Å². The van der Waals surface area contributed by atoms with Crippen LogP contribution in [0.5, 0.6) is 0 Å². The van der Waals surface area contributed by atoms with Gasteiger partial charge in [-0.3, -0.25) is 4.90 Å². The van der Waals surface area contributed by atoms with Crippen molar-refractivity contribution in [1.82, 2.24) is 19.9 Å². The number of morpholine rings is 2. The van der Waals surface area contributed by atoms with Crippen LogP contribution in [0, 0.1) is 0 Å². The molecule has 150 valence electrons. The summed E-state index contributed by atoms with van der Waals surface area (Å²) in [5.41, 5.74) is 0. The minimum absolute atomic E-state index is 0.582. The Morgan fingerprint density at radius 1 is 0.593 bits per heavy atom. The monoisotopic (exact) mass is 377 g/mol. The fraction of sp³-hybridized carbons (Fsp3) is 0.833. The quantitative estimate of drug-likeness (QED) is 0.725. The van der Waals surface area contributed by atoms with Crippen LogP contribution in [0.4, 0.5) is 17.8 Å². The normalized spacial score (nSPS) is 22.6. The number of ether oxygens (including phenoxy) is 2. The molecule has 0 amide bonds. The van der Waals surface area contributed by atoms with E-state index in [1.54, 1.807) is 0 Å². The van der Waals surface area contributed by atoms with Crippen molar-refractivity contribution in [2.24, 2.45) is 0 Å². The average molecular weight is 377 g/mol. The van der Waals surface area contributed by atoms with Crippen molar-refractivity contribution < 1.29 is 9.47 Å². The summed E-state index contributed by atoms with van der Waals surface area (Å²) in [5, 5.41) is 0. The first-order valence-electron chi connectivity index (χ1n) is 10.1. The second-order valence-corrected chi connectivity index (χ2v) is 7.55. The molecule has 0 radical (unpaired) electrons. The predicted molar refractivity (Wildman–Crippen MR) is 105 cm³/mol. The molecule has 0 bridgehead atoms. The Kier molecular flexibility index (Phi) is 5.89. The van der Waals surface area contributed by atoms with E-state index in [1.165, 1.54) is 0 Å². The molecular formula is C18H31N7O2. The summed E-state index contributed by atoms with van der Waals surface area (Å²) < 4.78 is 11.0. The molecule has 0 spiro atoms. The molecule has 0 saturated carbocycles. The first-order valence-corrected chi connectivity index (χ1v) is 10.1. The zero-order valence-electron chi connectivity index (χ0n) is 16.5. The van der Waals surface area contributed by atoms with Crippen molar-refractivity contribution in [3.63, 3.8) is 0 Å². The minimum atomic E-state index is 0.582. The zero-order valence-corrected chi connectivity index (χ0v) is 16.5. The zero-order chi connectivity index (χ0) is 18.6. The highest BCUT2D eigenvalue weighted by Crippen LogP contribution is 2.22. The van der Waals surface area contributed by atoms with Gasteiger partial charge in [0, 0.05) is 58.4 Å². The van der Waals surface area contributed by atoms with E-state index in [9.17, 15) is 0 Å². The molecule has 0 atom stereocenters. The van der Waals surface area contributed by atoms with E-state index in [1.807, 2.05) is 0 Å². The second kappa shape index (κ2) is 8.53. The molecule has 9 nitrogen and oxygen atoms in total. The van der Waals surface area contributed by atoms with Gasteiger partial charge in [-0.15, -0.1) is 0 Å². The SMILES string of the molecule is CC(C)N1CCN(c2nc(N3CCOCC3)nc(N3CCOCC3)n2)CC1. The van der Waals surface area contributed by atoms with Gasteiger partial charge < -0.3 is 24.2 Å². The summed E-state index contributed by atoms with van der Waals surface area (Å²) in [7, 11) is 0. The van der Waals surface area contributed by atoms with Crippen LogP contribution in [0.1, 0.15) is 13.8 Å². The van der Waals surface area contributed by atoms with E-state index in [0.29, 0.717) is 6.04 Å². The number of rotatable bonds is 4. The molecule has 0 aliphatic carbocycles. The summed E-state index contributed by atoms with van der Waals surface area (Å²) in [4.78, 5) is 23.7. The predicted octanol–water partition coefficient (Wildman–Crippen LogP) is 0.0752. The molecule has 3 aliphatic heterocycles. The van der Waals surface area contributed by atoms with Crippen LogP contribution in [0.15, 0.2) is 0 Å². The average Bonchev–Trinajstić information content (AvgIpc) is 2.75. The molecule has 0 N–H and O–H groups in total. The Bertz CT molecular complexity index is 573. The highest BCUT2D eigenvalue weighted by atomic mass is 16.5. The van der Waals surface area contributed by atoms with Gasteiger partial charge in [-0.25, -0.2) is 0 Å². The number of aromatic nitrogens is 3. The van der Waals surface area contributed by atoms with Gasteiger partial charge >= 0.3 is 0 Å². The first kappa shape index (κ1) is 18.6. The highest BCUT2D eigenvalue weighted by molar-refractivity contribution is 5.47. The summed E-state index contributed by atoms with van der Waals surface area (Å²) in [6, 6.07) is 0.582. The maximum absolute atomic E-state index is 5.49. The van der Waals surface area contributed by atoms with Gasteiger partial charge in [-0.2, -0.15) is 15.0 Å². The fourth-order valence-electron chi connectivity index (χ4n) is 3.73. The molecule has 0 aromatic carbocycles. The Balaban J connectivity index is 1.57. The van der Waals surface area contributed by atoms with Crippen LogP contribution in [0.2, 0.25) is 0 Å². The smallest absolute Gasteiger partial charge is 0.232 e. The van der Waals surface area contributed by atoms with Gasteiger partial charge in [0.2, 0.25) is 17.8 Å². The lowest BCUT2D eigenvalue weighted by Gasteiger charge is -2.37. The van der Waals surface area contributed by atoms with E-state index in [4.69, 9.17) is 24.4 Å². The molecule has 27 heavy (non-hydrogen) atoms. The summed E-state index contributed by atoms with van der Waals surface area (Å²) in [6.07, 6.45) is 0. The standard InChI is InChI=1S/C18H31N7O2/c1-15(2)22-3-5-23(6-4-22)16-19-17(24-7-11-26-12-8-24)21-18(20-16)25-9-13-27-14-10-25/h15H,3-14H2,1-2H3. The van der Waals surface area contributed by atoms with Gasteiger partial charge in [0.05, 0.1) is 26.4 Å². The van der Waals surface area contributed by atoms with Gasteiger partial charge in [-0.05, 0) is 13.8 Å². The summed E-state index contributed by atoms with van der Waals surface area (Å²) in [5.74, 6) is 2.35. The van der Waals surface area contributed by atoms with E-state index < -0.39 is 0 Å². The Labute approximate surface area is 161 Å². The molecular weight excluding hydrogens is 346 g/mol. The van der Waals surface area contributed by atoms with Crippen LogP contribution in [0.3, 0.4) is 0 Å². The van der Waals surface area contributed by atoms with Crippen LogP contribution in [-0.4, -0.2) is 105 Å². The summed E-state index contributed by atoms with van der Waals surface area (Å²) in [6.45, 7) is 14.7. The van der Waals surface area contributed by atoms with Gasteiger partial charge in [0.1, 0.15) is 0 Å². The number of hydrogen-bond acceptors (Lipinski definition) is 9. The minimum Gasteiger partial charge on any atom is -0.378 e. The van der Waals surface area contributed by atoms with Crippen LogP contribution < -0.4 is 14.7 Å². The number of piperazine rings is 1. The van der Waals surface area contributed by atoms with E-state index >= 15 is 0 Å². The molecule has 0 unspecified atom stereocenters. The van der Waals surface area contributed by atoms with Crippen molar-refractivity contribution in [2.45, 2.75) is 19.9 Å². The van der Waals surface area contributed by atoms with Crippen molar-refractivity contribution >= 4 is 17.8 Å². The van der Waals surface area contributed by atoms with Gasteiger partial charge in [0.15, 0.2) is 0 Å². The van der Waals surface area contributed by atoms with Crippen LogP contribution in [0.25, 0.3) is 0 Å². The van der Waals surface area contributed by atoms with Gasteiger partial charge in [0.25, 0.3) is 0 Å². The molecule has 3 fully saturated rings. The van der Waals surface area contributed by atoms with Crippen molar-refractivity contribution in [3.05, 3.63) is 0 Å². The topological polar surface area (TPSA) is 70.1 Å². The summed E-state index contributed by atoms with van der Waals surface area (Å²) >= 11 is 0. The largest absolute Gasteiger partial charge is 0.378 e. The van der Waals surface area contributed by atoms with Crippen molar-refractivity contribution in [2.75, 3.05) is 93.5 Å². The van der Waals surface area contributed by atoms with Crippen LogP contribution in [-0.2, 0) is 9.47 Å². The Morgan fingerprint density at radius 2 is 0.963 bits per heavy atom. The maximum Gasteiger partial charge on any atom is 0.232 e. The lowest BCUT2D eigenvalue weighted by atomic mass is 10.2. The molecule has 3 aliphatic rings. The van der Waals surface area contributed by atoms with Crippen LogP contribution >= 0.6 is 0 Å². The molecule has 9 heteroatoms. The number of nitrogens with zero attached hydrogens (tertiary/aromatic N) is 7. The third-order valence-corrected chi connectivity index (χ3v) is 5.52. The lowest BCUT2D eigenvalue weighted by Crippen LogP contribution is -2.49. The number of anilines is 3. The van der Waals surface area contributed by atoms with E-state index in [0.717, 1.165) is 96.6 Å². The Morgan fingerprint density at radius 3 is 1.33 bits per heavy atom. The fourth-order valence-corrected chi connectivity index (χ4v) is 3.73. The lowest BCUT2D eigenvalue weighted by molar-refractivity contribution is 0.121. The molecule has 1 aromatic rings. The molecule has 3 saturated heterocycles.